The highest BCUT2D eigenvalue weighted by molar-refractivity contribution is 7.10. The number of hydrogen-bond acceptors (Lipinski definition) is 6. The first-order chi connectivity index (χ1) is 13.3. The standard InChI is InChI=1S/C19H32N4O3S/c1-20-18(22-14-19(4-8-24)5-9-26-15-19)21-13-16(17-3-2-12-27-17)23-6-10-25-11-7-23/h2-3,12,16,24H,4-11,13-15H2,1H3,(H2,20,21,22). The Hall–Kier alpha value is -1.19. The average Bonchev–Trinajstić information content (AvgIpc) is 3.38. The second-order valence-electron chi connectivity index (χ2n) is 7.26. The molecule has 27 heavy (non-hydrogen) atoms. The van der Waals surface area contributed by atoms with Crippen LogP contribution < -0.4 is 10.6 Å². The molecule has 2 saturated heterocycles. The van der Waals surface area contributed by atoms with E-state index in [0.29, 0.717) is 12.6 Å². The summed E-state index contributed by atoms with van der Waals surface area (Å²) in [5.74, 6) is 0.800. The minimum Gasteiger partial charge on any atom is -0.396 e. The average molecular weight is 397 g/mol. The quantitative estimate of drug-likeness (QED) is 0.451. The Kier molecular flexibility index (Phi) is 7.90. The molecule has 7 nitrogen and oxygen atoms in total. The fourth-order valence-electron chi connectivity index (χ4n) is 3.78. The zero-order valence-corrected chi connectivity index (χ0v) is 17.0. The van der Waals surface area contributed by atoms with Crippen LogP contribution in [0.4, 0.5) is 0 Å². The zero-order valence-electron chi connectivity index (χ0n) is 16.2. The first-order valence-corrected chi connectivity index (χ1v) is 10.6. The van der Waals surface area contributed by atoms with E-state index in [9.17, 15) is 5.11 Å². The van der Waals surface area contributed by atoms with Gasteiger partial charge in [0.2, 0.25) is 0 Å². The molecule has 1 aromatic rings. The SMILES string of the molecule is CN=C(NCC(c1cccs1)N1CCOCC1)NCC1(CCO)CCOC1. The predicted octanol–water partition coefficient (Wildman–Crippen LogP) is 1.08. The summed E-state index contributed by atoms with van der Waals surface area (Å²) in [6, 6.07) is 4.63. The van der Waals surface area contributed by atoms with Crippen LogP contribution in [0, 0.1) is 5.41 Å². The Morgan fingerprint density at radius 3 is 2.81 bits per heavy atom. The molecule has 2 aliphatic rings. The molecule has 0 saturated carbocycles. The maximum atomic E-state index is 9.40. The lowest BCUT2D eigenvalue weighted by Gasteiger charge is -2.34. The summed E-state index contributed by atoms with van der Waals surface area (Å²) >= 11 is 1.80. The van der Waals surface area contributed by atoms with E-state index in [1.165, 1.54) is 4.88 Å². The number of aliphatic hydroxyl groups is 1. The fourth-order valence-corrected chi connectivity index (χ4v) is 4.64. The molecular weight excluding hydrogens is 364 g/mol. The summed E-state index contributed by atoms with van der Waals surface area (Å²) in [6.45, 7) is 6.69. The van der Waals surface area contributed by atoms with Gasteiger partial charge in [-0.1, -0.05) is 6.07 Å². The molecule has 3 N–H and O–H groups in total. The number of aliphatic hydroxyl groups excluding tert-OH is 1. The minimum atomic E-state index is 0.00370. The van der Waals surface area contributed by atoms with Crippen LogP contribution in [0.5, 0.6) is 0 Å². The van der Waals surface area contributed by atoms with Crippen LogP contribution in [0.15, 0.2) is 22.5 Å². The Labute approximate surface area is 165 Å². The van der Waals surface area contributed by atoms with Gasteiger partial charge < -0.3 is 25.2 Å². The lowest BCUT2D eigenvalue weighted by atomic mass is 9.84. The van der Waals surface area contributed by atoms with Gasteiger partial charge in [0.05, 0.1) is 25.9 Å². The van der Waals surface area contributed by atoms with Gasteiger partial charge in [0.25, 0.3) is 0 Å². The second-order valence-corrected chi connectivity index (χ2v) is 8.24. The van der Waals surface area contributed by atoms with E-state index in [0.717, 1.165) is 64.8 Å². The largest absolute Gasteiger partial charge is 0.396 e. The van der Waals surface area contributed by atoms with Gasteiger partial charge >= 0.3 is 0 Å². The van der Waals surface area contributed by atoms with Gasteiger partial charge in [-0.3, -0.25) is 9.89 Å². The van der Waals surface area contributed by atoms with Crippen molar-refractivity contribution in [3.05, 3.63) is 22.4 Å². The van der Waals surface area contributed by atoms with Crippen LogP contribution in [0.1, 0.15) is 23.8 Å². The third kappa shape index (κ3) is 5.65. The molecule has 0 radical (unpaired) electrons. The van der Waals surface area contributed by atoms with E-state index in [4.69, 9.17) is 9.47 Å². The molecule has 0 bridgehead atoms. The lowest BCUT2D eigenvalue weighted by molar-refractivity contribution is 0.0177. The smallest absolute Gasteiger partial charge is 0.191 e. The maximum Gasteiger partial charge on any atom is 0.191 e. The van der Waals surface area contributed by atoms with Crippen LogP contribution in [0.25, 0.3) is 0 Å². The van der Waals surface area contributed by atoms with Crippen molar-refractivity contribution in [3.63, 3.8) is 0 Å². The minimum absolute atomic E-state index is 0.00370. The Morgan fingerprint density at radius 1 is 1.33 bits per heavy atom. The molecule has 1 aromatic heterocycles. The number of guanidine groups is 1. The van der Waals surface area contributed by atoms with E-state index >= 15 is 0 Å². The molecule has 2 atom stereocenters. The fraction of sp³-hybridized carbons (Fsp3) is 0.737. The summed E-state index contributed by atoms with van der Waals surface area (Å²) in [7, 11) is 1.80. The van der Waals surface area contributed by atoms with Crippen molar-refractivity contribution < 1.29 is 14.6 Å². The molecule has 0 aliphatic carbocycles. The van der Waals surface area contributed by atoms with Crippen LogP contribution in [0.2, 0.25) is 0 Å². The van der Waals surface area contributed by atoms with Crippen LogP contribution >= 0.6 is 11.3 Å². The number of nitrogens with zero attached hydrogens (tertiary/aromatic N) is 2. The van der Waals surface area contributed by atoms with Crippen LogP contribution in [-0.2, 0) is 9.47 Å². The molecule has 0 amide bonds. The van der Waals surface area contributed by atoms with E-state index in [1.807, 2.05) is 0 Å². The molecule has 3 rings (SSSR count). The van der Waals surface area contributed by atoms with Crippen molar-refractivity contribution in [1.29, 1.82) is 0 Å². The van der Waals surface area contributed by atoms with Gasteiger partial charge in [0.1, 0.15) is 0 Å². The number of hydrogen-bond donors (Lipinski definition) is 3. The van der Waals surface area contributed by atoms with E-state index in [-0.39, 0.29) is 12.0 Å². The lowest BCUT2D eigenvalue weighted by Crippen LogP contribution is -2.48. The van der Waals surface area contributed by atoms with Crippen molar-refractivity contribution in [2.45, 2.75) is 18.9 Å². The number of aliphatic imine (C=N–C) groups is 1. The molecule has 0 aromatic carbocycles. The zero-order chi connectivity index (χ0) is 19.0. The normalized spacial score (nSPS) is 25.5. The van der Waals surface area contributed by atoms with Crippen molar-refractivity contribution in [1.82, 2.24) is 15.5 Å². The molecule has 2 aliphatic heterocycles. The molecule has 2 unspecified atom stereocenters. The Morgan fingerprint density at radius 2 is 2.19 bits per heavy atom. The van der Waals surface area contributed by atoms with Crippen molar-refractivity contribution >= 4 is 17.3 Å². The number of ether oxygens (including phenoxy) is 2. The second kappa shape index (κ2) is 10.4. The first-order valence-electron chi connectivity index (χ1n) is 9.75. The van der Waals surface area contributed by atoms with E-state index in [1.54, 1.807) is 18.4 Å². The van der Waals surface area contributed by atoms with Crippen LogP contribution in [0.3, 0.4) is 0 Å². The Bertz CT molecular complexity index is 570. The van der Waals surface area contributed by atoms with Crippen molar-refractivity contribution in [3.8, 4) is 0 Å². The highest BCUT2D eigenvalue weighted by Gasteiger charge is 2.34. The highest BCUT2D eigenvalue weighted by Crippen LogP contribution is 2.31. The van der Waals surface area contributed by atoms with E-state index < -0.39 is 0 Å². The summed E-state index contributed by atoms with van der Waals surface area (Å²) in [5, 5.41) is 18.5. The van der Waals surface area contributed by atoms with Gasteiger partial charge in [-0.2, -0.15) is 0 Å². The molecule has 3 heterocycles. The van der Waals surface area contributed by atoms with Gasteiger partial charge in [-0.25, -0.2) is 0 Å². The summed E-state index contributed by atoms with van der Waals surface area (Å²) in [4.78, 5) is 8.23. The molecule has 8 heteroatoms. The topological polar surface area (TPSA) is 78.4 Å². The molecule has 2 fully saturated rings. The highest BCUT2D eigenvalue weighted by atomic mass is 32.1. The molecule has 152 valence electrons. The third-order valence-corrected chi connectivity index (χ3v) is 6.48. The van der Waals surface area contributed by atoms with Crippen molar-refractivity contribution in [2.24, 2.45) is 10.4 Å². The predicted molar refractivity (Wildman–Crippen MR) is 108 cm³/mol. The monoisotopic (exact) mass is 396 g/mol. The molecule has 0 spiro atoms. The number of thiophene rings is 1. The van der Waals surface area contributed by atoms with Crippen LogP contribution in [-0.4, -0.2) is 82.2 Å². The van der Waals surface area contributed by atoms with Crippen molar-refractivity contribution in [2.75, 3.05) is 66.3 Å². The first kappa shape index (κ1) is 20.5. The maximum absolute atomic E-state index is 9.40. The van der Waals surface area contributed by atoms with Gasteiger partial charge in [0, 0.05) is 56.7 Å². The summed E-state index contributed by atoms with van der Waals surface area (Å²) in [5.41, 5.74) is 0.00370. The number of nitrogens with one attached hydrogen (secondary N) is 2. The summed E-state index contributed by atoms with van der Waals surface area (Å²) in [6.07, 6.45) is 1.73. The summed E-state index contributed by atoms with van der Waals surface area (Å²) < 4.78 is 11.1. The van der Waals surface area contributed by atoms with Gasteiger partial charge in [-0.05, 0) is 24.3 Å². The Balaban J connectivity index is 1.56. The van der Waals surface area contributed by atoms with Gasteiger partial charge in [-0.15, -0.1) is 11.3 Å². The van der Waals surface area contributed by atoms with Gasteiger partial charge in [0.15, 0.2) is 5.96 Å². The molecular formula is C19H32N4O3S. The number of rotatable bonds is 8. The number of morpholine rings is 1. The van der Waals surface area contributed by atoms with E-state index in [2.05, 4.69) is 38.0 Å². The third-order valence-electron chi connectivity index (χ3n) is 5.50.